The lowest BCUT2D eigenvalue weighted by Crippen LogP contribution is -1.93. The summed E-state index contributed by atoms with van der Waals surface area (Å²) in [4.78, 5) is 4.68. The number of aryl methyl sites for hydroxylation is 2. The van der Waals surface area contributed by atoms with Crippen LogP contribution in [0.15, 0.2) is 54.0 Å². The number of anilines is 1. The second-order valence-electron chi connectivity index (χ2n) is 6.95. The van der Waals surface area contributed by atoms with Gasteiger partial charge in [0.15, 0.2) is 0 Å². The van der Waals surface area contributed by atoms with Crippen molar-refractivity contribution in [1.29, 1.82) is 5.26 Å². The number of nitrogens with one attached hydrogen (secondary N) is 1. The van der Waals surface area contributed by atoms with E-state index in [2.05, 4.69) is 74.4 Å². The van der Waals surface area contributed by atoms with Crippen molar-refractivity contribution >= 4 is 22.6 Å². The maximum absolute atomic E-state index is 9.55. The first kappa shape index (κ1) is 18.9. The second-order valence-corrected chi connectivity index (χ2v) is 7.81. The molecule has 0 radical (unpaired) electrons. The van der Waals surface area contributed by atoms with Crippen LogP contribution >= 0.6 is 11.3 Å². The molecule has 0 saturated carbocycles. The quantitative estimate of drug-likeness (QED) is 0.517. The third-order valence-corrected chi connectivity index (χ3v) is 5.35. The molecule has 3 nitrogen and oxygen atoms in total. The van der Waals surface area contributed by atoms with E-state index in [0.29, 0.717) is 11.5 Å². The average Bonchev–Trinajstić information content (AvgIpc) is 3.12. The number of nitriles is 1. The van der Waals surface area contributed by atoms with E-state index in [1.165, 1.54) is 28.0 Å². The minimum Gasteiger partial charge on any atom is -0.360 e. The molecular formula is C23H23N3S. The van der Waals surface area contributed by atoms with Crippen LogP contribution in [0.1, 0.15) is 41.5 Å². The number of rotatable bonds is 5. The maximum atomic E-state index is 9.55. The molecule has 0 saturated heterocycles. The predicted octanol–water partition coefficient (Wildman–Crippen LogP) is 6.53. The highest BCUT2D eigenvalue weighted by Crippen LogP contribution is 2.28. The molecular weight excluding hydrogens is 350 g/mol. The van der Waals surface area contributed by atoms with Crippen molar-refractivity contribution < 1.29 is 0 Å². The van der Waals surface area contributed by atoms with Gasteiger partial charge < -0.3 is 5.32 Å². The van der Waals surface area contributed by atoms with Crippen LogP contribution < -0.4 is 5.32 Å². The number of aromatic nitrogens is 1. The Morgan fingerprint density at radius 3 is 2.52 bits per heavy atom. The van der Waals surface area contributed by atoms with Crippen molar-refractivity contribution in [3.63, 3.8) is 0 Å². The highest BCUT2D eigenvalue weighted by atomic mass is 32.1. The molecule has 0 atom stereocenters. The van der Waals surface area contributed by atoms with Gasteiger partial charge in [0.1, 0.15) is 16.6 Å². The first-order chi connectivity index (χ1) is 13.0. The molecule has 0 aliphatic carbocycles. The largest absolute Gasteiger partial charge is 0.360 e. The Labute approximate surface area is 165 Å². The Balaban J connectivity index is 1.81. The molecule has 0 aliphatic rings. The summed E-state index contributed by atoms with van der Waals surface area (Å²) in [6.07, 6.45) is 1.73. The summed E-state index contributed by atoms with van der Waals surface area (Å²) in [5.41, 5.74) is 7.23. The van der Waals surface area contributed by atoms with E-state index >= 15 is 0 Å². The summed E-state index contributed by atoms with van der Waals surface area (Å²) >= 11 is 1.49. The summed E-state index contributed by atoms with van der Waals surface area (Å²) in [6, 6.07) is 16.9. The number of allylic oxidation sites excluding steroid dienone is 1. The molecule has 4 heteroatoms. The Hall–Kier alpha value is -2.90. The first-order valence-electron chi connectivity index (χ1n) is 8.98. The van der Waals surface area contributed by atoms with E-state index in [1.54, 1.807) is 6.20 Å². The van der Waals surface area contributed by atoms with Gasteiger partial charge in [0.2, 0.25) is 0 Å². The summed E-state index contributed by atoms with van der Waals surface area (Å²) in [5.74, 6) is 0.503. The molecule has 0 unspecified atom stereocenters. The van der Waals surface area contributed by atoms with Crippen LogP contribution in [0.3, 0.4) is 0 Å². The minimum absolute atomic E-state index is 0.503. The van der Waals surface area contributed by atoms with Gasteiger partial charge in [0.25, 0.3) is 0 Å². The lowest BCUT2D eigenvalue weighted by molar-refractivity contribution is 0.867. The zero-order chi connectivity index (χ0) is 19.4. The normalized spacial score (nSPS) is 11.5. The molecule has 0 fully saturated rings. The Bertz CT molecular complexity index is 1000. The smallest absolute Gasteiger partial charge is 0.136 e. The number of hydrogen-bond acceptors (Lipinski definition) is 4. The van der Waals surface area contributed by atoms with Crippen LogP contribution in [0.4, 0.5) is 5.69 Å². The topological polar surface area (TPSA) is 48.7 Å². The fourth-order valence-electron chi connectivity index (χ4n) is 2.88. The molecule has 1 heterocycles. The average molecular weight is 374 g/mol. The number of hydrogen-bond donors (Lipinski definition) is 1. The standard InChI is InChI=1S/C23H23N3S/c1-15(2)18-6-8-20(9-7-18)25-13-19(12-24)23-26-22(14-27-23)21-10-5-16(3)11-17(21)4/h5-11,13-15,25H,1-4H3. The molecule has 0 spiro atoms. The van der Waals surface area contributed by atoms with Crippen molar-refractivity contribution in [1.82, 2.24) is 4.98 Å². The van der Waals surface area contributed by atoms with Gasteiger partial charge in [-0.15, -0.1) is 11.3 Å². The molecule has 136 valence electrons. The zero-order valence-corrected chi connectivity index (χ0v) is 16.9. The summed E-state index contributed by atoms with van der Waals surface area (Å²) in [7, 11) is 0. The summed E-state index contributed by atoms with van der Waals surface area (Å²) in [6.45, 7) is 8.52. The van der Waals surface area contributed by atoms with E-state index in [4.69, 9.17) is 0 Å². The molecule has 0 bridgehead atoms. The lowest BCUT2D eigenvalue weighted by atomic mass is 10.0. The molecule has 0 amide bonds. The Morgan fingerprint density at radius 1 is 1.15 bits per heavy atom. The Kier molecular flexibility index (Phi) is 5.73. The summed E-state index contributed by atoms with van der Waals surface area (Å²) in [5, 5.41) is 15.5. The van der Waals surface area contributed by atoms with E-state index in [1.807, 2.05) is 17.5 Å². The van der Waals surface area contributed by atoms with Crippen molar-refractivity contribution in [2.45, 2.75) is 33.6 Å². The minimum atomic E-state index is 0.503. The lowest BCUT2D eigenvalue weighted by Gasteiger charge is -2.07. The molecule has 3 rings (SSSR count). The predicted molar refractivity (Wildman–Crippen MR) is 115 cm³/mol. The summed E-state index contributed by atoms with van der Waals surface area (Å²) < 4.78 is 0. The van der Waals surface area contributed by atoms with Gasteiger partial charge in [0.05, 0.1) is 5.69 Å². The number of benzene rings is 2. The third-order valence-electron chi connectivity index (χ3n) is 4.47. The van der Waals surface area contributed by atoms with Gasteiger partial charge in [-0.3, -0.25) is 0 Å². The van der Waals surface area contributed by atoms with Gasteiger partial charge in [-0.05, 0) is 43.0 Å². The van der Waals surface area contributed by atoms with E-state index in [0.717, 1.165) is 22.0 Å². The van der Waals surface area contributed by atoms with Crippen LogP contribution in [0.5, 0.6) is 0 Å². The molecule has 1 N–H and O–H groups in total. The zero-order valence-electron chi connectivity index (χ0n) is 16.1. The fourth-order valence-corrected chi connectivity index (χ4v) is 3.67. The van der Waals surface area contributed by atoms with Crippen LogP contribution in [0.25, 0.3) is 16.8 Å². The van der Waals surface area contributed by atoms with Crippen LogP contribution in [-0.4, -0.2) is 4.98 Å². The van der Waals surface area contributed by atoms with Crippen LogP contribution in [0, 0.1) is 25.2 Å². The molecule has 27 heavy (non-hydrogen) atoms. The third kappa shape index (κ3) is 4.45. The highest BCUT2D eigenvalue weighted by Gasteiger charge is 2.10. The van der Waals surface area contributed by atoms with E-state index in [9.17, 15) is 5.26 Å². The van der Waals surface area contributed by atoms with Crippen LogP contribution in [0.2, 0.25) is 0 Å². The van der Waals surface area contributed by atoms with Crippen molar-refractivity contribution in [3.05, 3.63) is 75.7 Å². The fraction of sp³-hybridized carbons (Fsp3) is 0.217. The van der Waals surface area contributed by atoms with E-state index < -0.39 is 0 Å². The maximum Gasteiger partial charge on any atom is 0.136 e. The molecule has 0 aliphatic heterocycles. The molecule has 3 aromatic rings. The number of thiazole rings is 1. The Morgan fingerprint density at radius 2 is 1.89 bits per heavy atom. The SMILES string of the molecule is Cc1ccc(-c2csc(C(C#N)=CNc3ccc(C(C)C)cc3)n2)c(C)c1. The van der Waals surface area contributed by atoms with Gasteiger partial charge in [-0.25, -0.2) is 4.98 Å². The van der Waals surface area contributed by atoms with Crippen molar-refractivity contribution in [3.8, 4) is 17.3 Å². The first-order valence-corrected chi connectivity index (χ1v) is 9.86. The number of nitrogens with zero attached hydrogens (tertiary/aromatic N) is 2. The van der Waals surface area contributed by atoms with Gasteiger partial charge in [-0.1, -0.05) is 49.7 Å². The monoisotopic (exact) mass is 373 g/mol. The van der Waals surface area contributed by atoms with Crippen molar-refractivity contribution in [2.24, 2.45) is 0 Å². The van der Waals surface area contributed by atoms with Crippen LogP contribution in [-0.2, 0) is 0 Å². The molecule has 2 aromatic carbocycles. The van der Waals surface area contributed by atoms with Gasteiger partial charge in [0, 0.05) is 22.8 Å². The van der Waals surface area contributed by atoms with Gasteiger partial charge >= 0.3 is 0 Å². The highest BCUT2D eigenvalue weighted by molar-refractivity contribution is 7.11. The van der Waals surface area contributed by atoms with Crippen molar-refractivity contribution in [2.75, 3.05) is 5.32 Å². The second kappa shape index (κ2) is 8.20. The van der Waals surface area contributed by atoms with Gasteiger partial charge in [-0.2, -0.15) is 5.26 Å². The van der Waals surface area contributed by atoms with E-state index in [-0.39, 0.29) is 0 Å². The molecule has 1 aromatic heterocycles.